The molecule has 0 radical (unpaired) electrons. The molecular formula is C21H23Cl2N3O2. The summed E-state index contributed by atoms with van der Waals surface area (Å²) in [6, 6.07) is 8.68. The predicted molar refractivity (Wildman–Crippen MR) is 111 cm³/mol. The summed E-state index contributed by atoms with van der Waals surface area (Å²) in [6.45, 7) is 1.77. The number of hydrogen-bond acceptors (Lipinski definition) is 4. The Morgan fingerprint density at radius 2 is 1.96 bits per heavy atom. The largest absolute Gasteiger partial charge is 0.437 e. The minimum atomic E-state index is 0.338. The van der Waals surface area contributed by atoms with Gasteiger partial charge in [-0.3, -0.25) is 0 Å². The standard InChI is InChI=1S/C21H23Cl2N3O2/c22-16-7-8-18(23)19(12-16)28-21-17(6-3-10-24-21)20(25-27)26-11-9-14-4-1-2-5-15(14)13-26/h3,6-8,10,12,14-15,27H,1-2,4-5,9,11,13H2/b25-20-. The number of pyridine rings is 1. The van der Waals surface area contributed by atoms with E-state index in [-0.39, 0.29) is 0 Å². The third kappa shape index (κ3) is 4.06. The van der Waals surface area contributed by atoms with Gasteiger partial charge in [0.1, 0.15) is 5.75 Å². The topological polar surface area (TPSA) is 58.0 Å². The van der Waals surface area contributed by atoms with E-state index in [1.54, 1.807) is 30.5 Å². The maximum Gasteiger partial charge on any atom is 0.230 e. The third-order valence-electron chi connectivity index (χ3n) is 5.80. The molecule has 2 aromatic rings. The molecule has 2 unspecified atom stereocenters. The first-order valence-corrected chi connectivity index (χ1v) is 10.5. The fourth-order valence-corrected chi connectivity index (χ4v) is 4.70. The van der Waals surface area contributed by atoms with E-state index < -0.39 is 0 Å². The van der Waals surface area contributed by atoms with Gasteiger partial charge in [0.25, 0.3) is 0 Å². The zero-order valence-corrected chi connectivity index (χ0v) is 17.0. The van der Waals surface area contributed by atoms with Crippen molar-refractivity contribution in [2.45, 2.75) is 32.1 Å². The highest BCUT2D eigenvalue weighted by atomic mass is 35.5. The van der Waals surface area contributed by atoms with Crippen LogP contribution >= 0.6 is 23.2 Å². The summed E-state index contributed by atoms with van der Waals surface area (Å²) in [7, 11) is 0. The van der Waals surface area contributed by atoms with Gasteiger partial charge in [-0.25, -0.2) is 4.98 Å². The first-order valence-electron chi connectivity index (χ1n) is 9.71. The van der Waals surface area contributed by atoms with Crippen molar-refractivity contribution in [3.8, 4) is 11.6 Å². The van der Waals surface area contributed by atoms with Gasteiger partial charge in [0, 0.05) is 30.4 Å². The van der Waals surface area contributed by atoms with Crippen molar-refractivity contribution in [1.29, 1.82) is 0 Å². The molecule has 1 N–H and O–H groups in total. The summed E-state index contributed by atoms with van der Waals surface area (Å²) in [5, 5.41) is 14.4. The number of ether oxygens (including phenoxy) is 1. The van der Waals surface area contributed by atoms with Crippen LogP contribution in [0.5, 0.6) is 11.6 Å². The van der Waals surface area contributed by atoms with Gasteiger partial charge in [-0.2, -0.15) is 0 Å². The Labute approximate surface area is 174 Å². The lowest BCUT2D eigenvalue weighted by molar-refractivity contribution is 0.127. The van der Waals surface area contributed by atoms with Crippen molar-refractivity contribution in [2.24, 2.45) is 17.0 Å². The molecule has 2 heterocycles. The normalized spacial score (nSPS) is 22.6. The number of piperidine rings is 1. The van der Waals surface area contributed by atoms with Gasteiger partial charge in [0.2, 0.25) is 5.88 Å². The molecule has 5 nitrogen and oxygen atoms in total. The Balaban J connectivity index is 1.60. The van der Waals surface area contributed by atoms with E-state index in [4.69, 9.17) is 27.9 Å². The number of oxime groups is 1. The van der Waals surface area contributed by atoms with Crippen LogP contribution in [-0.2, 0) is 0 Å². The second-order valence-electron chi connectivity index (χ2n) is 7.50. The van der Waals surface area contributed by atoms with E-state index in [1.165, 1.54) is 25.7 Å². The molecule has 148 valence electrons. The molecule has 7 heteroatoms. The minimum absolute atomic E-state index is 0.338. The van der Waals surface area contributed by atoms with Crippen LogP contribution < -0.4 is 4.74 Å². The van der Waals surface area contributed by atoms with Crippen LogP contribution in [0, 0.1) is 11.8 Å². The summed E-state index contributed by atoms with van der Waals surface area (Å²) >= 11 is 12.3. The van der Waals surface area contributed by atoms with E-state index in [9.17, 15) is 5.21 Å². The fourth-order valence-electron chi connectivity index (χ4n) is 4.38. The molecule has 1 saturated heterocycles. The maximum atomic E-state index is 9.83. The molecule has 2 fully saturated rings. The van der Waals surface area contributed by atoms with Crippen LogP contribution in [0.1, 0.15) is 37.7 Å². The molecule has 0 amide bonds. The fraction of sp³-hybridized carbons (Fsp3) is 0.429. The summed E-state index contributed by atoms with van der Waals surface area (Å²) in [5.41, 5.74) is 0.635. The van der Waals surface area contributed by atoms with Gasteiger partial charge >= 0.3 is 0 Å². The second-order valence-corrected chi connectivity index (χ2v) is 8.34. The van der Waals surface area contributed by atoms with Gasteiger partial charge in [0.05, 0.1) is 10.6 Å². The average molecular weight is 420 g/mol. The zero-order chi connectivity index (χ0) is 19.5. The number of amidine groups is 1. The smallest absolute Gasteiger partial charge is 0.230 e. The number of hydrogen-bond donors (Lipinski definition) is 1. The van der Waals surface area contributed by atoms with Crippen LogP contribution in [0.15, 0.2) is 41.7 Å². The Hall–Kier alpha value is -1.98. The molecule has 4 rings (SSSR count). The lowest BCUT2D eigenvalue weighted by Gasteiger charge is -2.42. The maximum absolute atomic E-state index is 9.83. The molecule has 0 bridgehead atoms. The van der Waals surface area contributed by atoms with Crippen molar-refractivity contribution in [2.75, 3.05) is 13.1 Å². The molecular weight excluding hydrogens is 397 g/mol. The molecule has 2 atom stereocenters. The van der Waals surface area contributed by atoms with E-state index >= 15 is 0 Å². The second kappa shape index (κ2) is 8.58. The summed E-state index contributed by atoms with van der Waals surface area (Å²) in [4.78, 5) is 6.50. The van der Waals surface area contributed by atoms with Gasteiger partial charge < -0.3 is 14.8 Å². The number of aromatic nitrogens is 1. The van der Waals surface area contributed by atoms with Crippen LogP contribution in [0.4, 0.5) is 0 Å². The highest BCUT2D eigenvalue weighted by molar-refractivity contribution is 6.34. The number of benzene rings is 1. The summed E-state index contributed by atoms with van der Waals surface area (Å²) in [5.74, 6) is 2.69. The quantitative estimate of drug-likeness (QED) is 0.294. The van der Waals surface area contributed by atoms with Gasteiger partial charge in [-0.05, 0) is 48.9 Å². The number of nitrogens with zero attached hydrogens (tertiary/aromatic N) is 3. The van der Waals surface area contributed by atoms with Gasteiger partial charge in [0.15, 0.2) is 5.84 Å². The lowest BCUT2D eigenvalue weighted by atomic mass is 9.75. The monoisotopic (exact) mass is 419 g/mol. The average Bonchev–Trinajstić information content (AvgIpc) is 2.72. The molecule has 1 saturated carbocycles. The van der Waals surface area contributed by atoms with Crippen molar-refractivity contribution in [3.63, 3.8) is 0 Å². The lowest BCUT2D eigenvalue weighted by Crippen LogP contribution is -2.45. The Morgan fingerprint density at radius 3 is 2.79 bits per heavy atom. The minimum Gasteiger partial charge on any atom is -0.437 e. The number of halogens is 2. The highest BCUT2D eigenvalue weighted by Crippen LogP contribution is 2.37. The number of likely N-dealkylation sites (tertiary alicyclic amines) is 1. The van der Waals surface area contributed by atoms with E-state index in [0.717, 1.165) is 25.4 Å². The molecule has 1 aliphatic heterocycles. The molecule has 0 spiro atoms. The molecule has 1 aromatic carbocycles. The van der Waals surface area contributed by atoms with Crippen LogP contribution in [0.25, 0.3) is 0 Å². The Morgan fingerprint density at radius 1 is 1.14 bits per heavy atom. The van der Waals surface area contributed by atoms with Crippen molar-refractivity contribution >= 4 is 29.0 Å². The van der Waals surface area contributed by atoms with Crippen molar-refractivity contribution in [1.82, 2.24) is 9.88 Å². The van der Waals surface area contributed by atoms with Gasteiger partial charge in [-0.1, -0.05) is 47.6 Å². The predicted octanol–water partition coefficient (Wildman–Crippen LogP) is 5.83. The molecule has 1 aliphatic carbocycles. The summed E-state index contributed by atoms with van der Waals surface area (Å²) in [6.07, 6.45) is 7.95. The molecule has 28 heavy (non-hydrogen) atoms. The van der Waals surface area contributed by atoms with Crippen molar-refractivity contribution in [3.05, 3.63) is 52.1 Å². The van der Waals surface area contributed by atoms with Crippen LogP contribution in [-0.4, -0.2) is 34.0 Å². The first kappa shape index (κ1) is 19.3. The zero-order valence-electron chi connectivity index (χ0n) is 15.5. The van der Waals surface area contributed by atoms with Gasteiger partial charge in [-0.15, -0.1) is 0 Å². The molecule has 1 aromatic heterocycles. The van der Waals surface area contributed by atoms with Crippen molar-refractivity contribution < 1.29 is 9.94 Å². The van der Waals surface area contributed by atoms with E-state index in [2.05, 4.69) is 15.0 Å². The third-order valence-corrected chi connectivity index (χ3v) is 6.34. The first-order chi connectivity index (χ1) is 13.7. The summed E-state index contributed by atoms with van der Waals surface area (Å²) < 4.78 is 5.96. The van der Waals surface area contributed by atoms with E-state index in [0.29, 0.717) is 39.0 Å². The number of rotatable bonds is 3. The Bertz CT molecular complexity index is 874. The van der Waals surface area contributed by atoms with E-state index in [1.807, 2.05) is 6.07 Å². The highest BCUT2D eigenvalue weighted by Gasteiger charge is 2.33. The Kier molecular flexibility index (Phi) is 5.93. The molecule has 2 aliphatic rings. The SMILES string of the molecule is O/N=C(/c1cccnc1Oc1cc(Cl)ccc1Cl)N1CCC2CCCCC2C1. The van der Waals surface area contributed by atoms with Crippen LogP contribution in [0.3, 0.4) is 0 Å². The number of fused-ring (bicyclic) bond motifs is 1. The van der Waals surface area contributed by atoms with Crippen LogP contribution in [0.2, 0.25) is 10.0 Å².